The molecule has 0 saturated heterocycles. The summed E-state index contributed by atoms with van der Waals surface area (Å²) in [5.74, 6) is 1.08. The van der Waals surface area contributed by atoms with Gasteiger partial charge in [-0.1, -0.05) is 36.9 Å². The molecule has 3 aromatic rings. The third-order valence-electron chi connectivity index (χ3n) is 5.85. The molecule has 1 amide bonds. The van der Waals surface area contributed by atoms with Crippen LogP contribution in [0.1, 0.15) is 50.2 Å². The van der Waals surface area contributed by atoms with Gasteiger partial charge in [0.1, 0.15) is 10.9 Å². The molecule has 6 heteroatoms. The molecular weight excluding hydrogens is 410 g/mol. The summed E-state index contributed by atoms with van der Waals surface area (Å²) in [5.41, 5.74) is 2.67. The van der Waals surface area contributed by atoms with E-state index < -0.39 is 0 Å². The second-order valence-corrected chi connectivity index (χ2v) is 8.47. The van der Waals surface area contributed by atoms with E-state index in [9.17, 15) is 4.79 Å². The molecule has 0 radical (unpaired) electrons. The zero-order valence-corrected chi connectivity index (χ0v) is 18.6. The van der Waals surface area contributed by atoms with E-state index in [4.69, 9.17) is 16.3 Å². The Labute approximate surface area is 188 Å². The van der Waals surface area contributed by atoms with Crippen LogP contribution in [0.5, 0.6) is 5.75 Å². The maximum Gasteiger partial charge on any atom is 0.226 e. The minimum atomic E-state index is 0.0853. The Kier molecular flexibility index (Phi) is 7.03. The second kappa shape index (κ2) is 10.1. The molecule has 0 unspecified atom stereocenters. The van der Waals surface area contributed by atoms with Crippen LogP contribution in [-0.4, -0.2) is 27.4 Å². The van der Waals surface area contributed by atoms with Crippen molar-refractivity contribution in [3.63, 3.8) is 0 Å². The Hall–Kier alpha value is -2.66. The minimum Gasteiger partial charge on any atom is -0.494 e. The molecular formula is C25H28ClN3O2. The van der Waals surface area contributed by atoms with Crippen molar-refractivity contribution in [1.29, 1.82) is 0 Å². The highest BCUT2D eigenvalue weighted by Crippen LogP contribution is 2.29. The zero-order chi connectivity index (χ0) is 21.6. The number of benzene rings is 1. The molecule has 31 heavy (non-hydrogen) atoms. The predicted octanol–water partition coefficient (Wildman–Crippen LogP) is 5.79. The molecule has 1 fully saturated rings. The van der Waals surface area contributed by atoms with E-state index in [1.165, 1.54) is 6.42 Å². The van der Waals surface area contributed by atoms with Gasteiger partial charge in [-0.2, -0.15) is 0 Å². The number of hydrogen-bond acceptors (Lipinski definition) is 4. The molecule has 4 rings (SSSR count). The standard InChI is InChI=1S/C25H28ClN3O2/c1-2-31-22-10-11-23-20(14-22)13-21(24(26)28-23)17-29(16-18-7-6-12-27-15-18)25(30)19-8-4-3-5-9-19/h6-7,10-15,19H,2-5,8-9,16-17H2,1H3. The summed E-state index contributed by atoms with van der Waals surface area (Å²) in [7, 11) is 0. The lowest BCUT2D eigenvalue weighted by Gasteiger charge is -2.29. The number of hydrogen-bond donors (Lipinski definition) is 0. The van der Waals surface area contributed by atoms with E-state index in [-0.39, 0.29) is 11.8 Å². The average molecular weight is 438 g/mol. The van der Waals surface area contributed by atoms with Crippen molar-refractivity contribution in [3.8, 4) is 5.75 Å². The van der Waals surface area contributed by atoms with Gasteiger partial charge < -0.3 is 9.64 Å². The number of aromatic nitrogens is 2. The first-order valence-electron chi connectivity index (χ1n) is 11.0. The first-order valence-corrected chi connectivity index (χ1v) is 11.4. The number of pyridine rings is 2. The monoisotopic (exact) mass is 437 g/mol. The number of fused-ring (bicyclic) bond motifs is 1. The molecule has 2 heterocycles. The number of nitrogens with zero attached hydrogens (tertiary/aromatic N) is 3. The van der Waals surface area contributed by atoms with E-state index in [2.05, 4.69) is 9.97 Å². The van der Waals surface area contributed by atoms with Crippen LogP contribution >= 0.6 is 11.6 Å². The molecule has 1 aliphatic rings. The van der Waals surface area contributed by atoms with Gasteiger partial charge in [0, 0.05) is 42.4 Å². The normalized spacial score (nSPS) is 14.5. The van der Waals surface area contributed by atoms with Gasteiger partial charge in [-0.3, -0.25) is 9.78 Å². The zero-order valence-electron chi connectivity index (χ0n) is 17.9. The Morgan fingerprint density at radius 2 is 2.00 bits per heavy atom. The molecule has 0 N–H and O–H groups in total. The number of carbonyl (C=O) groups excluding carboxylic acids is 1. The van der Waals surface area contributed by atoms with Crippen LogP contribution in [-0.2, 0) is 17.9 Å². The van der Waals surface area contributed by atoms with Gasteiger partial charge in [0.2, 0.25) is 5.91 Å². The largest absolute Gasteiger partial charge is 0.494 e. The summed E-state index contributed by atoms with van der Waals surface area (Å²) in [6.07, 6.45) is 8.94. The summed E-state index contributed by atoms with van der Waals surface area (Å²) >= 11 is 6.55. The number of amides is 1. The molecule has 162 valence electrons. The highest BCUT2D eigenvalue weighted by atomic mass is 35.5. The van der Waals surface area contributed by atoms with E-state index in [0.717, 1.165) is 53.5 Å². The van der Waals surface area contributed by atoms with Crippen LogP contribution in [0.3, 0.4) is 0 Å². The molecule has 0 spiro atoms. The molecule has 1 aromatic carbocycles. The summed E-state index contributed by atoms with van der Waals surface area (Å²) in [6, 6.07) is 11.7. The molecule has 0 bridgehead atoms. The van der Waals surface area contributed by atoms with E-state index in [1.807, 2.05) is 54.4 Å². The molecule has 1 saturated carbocycles. The number of rotatable bonds is 7. The Morgan fingerprint density at radius 1 is 1.16 bits per heavy atom. The fraction of sp³-hybridized carbons (Fsp3) is 0.400. The van der Waals surface area contributed by atoms with Crippen LogP contribution in [0.15, 0.2) is 48.8 Å². The third-order valence-corrected chi connectivity index (χ3v) is 6.17. The van der Waals surface area contributed by atoms with Crippen LogP contribution < -0.4 is 4.74 Å². The fourth-order valence-electron chi connectivity index (χ4n) is 4.28. The molecule has 0 aliphatic heterocycles. The van der Waals surface area contributed by atoms with Crippen molar-refractivity contribution in [2.75, 3.05) is 6.61 Å². The van der Waals surface area contributed by atoms with Gasteiger partial charge in [-0.15, -0.1) is 0 Å². The van der Waals surface area contributed by atoms with Crippen molar-refractivity contribution in [2.45, 2.75) is 52.1 Å². The molecule has 0 atom stereocenters. The van der Waals surface area contributed by atoms with Crippen molar-refractivity contribution in [3.05, 3.63) is 65.1 Å². The molecule has 5 nitrogen and oxygen atoms in total. The smallest absolute Gasteiger partial charge is 0.226 e. The lowest BCUT2D eigenvalue weighted by atomic mass is 9.88. The van der Waals surface area contributed by atoms with Crippen LogP contribution in [0, 0.1) is 5.92 Å². The Morgan fingerprint density at radius 3 is 2.74 bits per heavy atom. The number of carbonyl (C=O) groups is 1. The van der Waals surface area contributed by atoms with Gasteiger partial charge in [-0.25, -0.2) is 4.98 Å². The van der Waals surface area contributed by atoms with Crippen molar-refractivity contribution < 1.29 is 9.53 Å². The number of ether oxygens (including phenoxy) is 1. The highest BCUT2D eigenvalue weighted by Gasteiger charge is 2.27. The molecule has 2 aromatic heterocycles. The van der Waals surface area contributed by atoms with E-state index >= 15 is 0 Å². The summed E-state index contributed by atoms with van der Waals surface area (Å²) in [4.78, 5) is 24.1. The lowest BCUT2D eigenvalue weighted by Crippen LogP contribution is -2.36. The highest BCUT2D eigenvalue weighted by molar-refractivity contribution is 6.30. The third kappa shape index (κ3) is 5.34. The number of halogens is 1. The lowest BCUT2D eigenvalue weighted by molar-refractivity contribution is -0.137. The summed E-state index contributed by atoms with van der Waals surface area (Å²) in [5, 5.41) is 1.39. The van der Waals surface area contributed by atoms with Crippen LogP contribution in [0.25, 0.3) is 10.9 Å². The van der Waals surface area contributed by atoms with Gasteiger partial charge in [-0.05, 0) is 55.7 Å². The maximum atomic E-state index is 13.4. The average Bonchev–Trinajstić information content (AvgIpc) is 2.80. The van der Waals surface area contributed by atoms with Crippen LogP contribution in [0.2, 0.25) is 5.15 Å². The van der Waals surface area contributed by atoms with Crippen molar-refractivity contribution in [1.82, 2.24) is 14.9 Å². The van der Waals surface area contributed by atoms with Crippen LogP contribution in [0.4, 0.5) is 0 Å². The molecule has 1 aliphatic carbocycles. The van der Waals surface area contributed by atoms with Crippen molar-refractivity contribution in [2.24, 2.45) is 5.92 Å². The first kappa shape index (κ1) is 21.6. The van der Waals surface area contributed by atoms with Crippen molar-refractivity contribution >= 4 is 28.4 Å². The summed E-state index contributed by atoms with van der Waals surface area (Å²) in [6.45, 7) is 3.50. The van der Waals surface area contributed by atoms with Gasteiger partial charge in [0.25, 0.3) is 0 Å². The van der Waals surface area contributed by atoms with Gasteiger partial charge in [0.15, 0.2) is 0 Å². The fourth-order valence-corrected chi connectivity index (χ4v) is 4.48. The van der Waals surface area contributed by atoms with Gasteiger partial charge in [0.05, 0.1) is 12.1 Å². The maximum absolute atomic E-state index is 13.4. The van der Waals surface area contributed by atoms with E-state index in [0.29, 0.717) is 24.8 Å². The first-order chi connectivity index (χ1) is 15.1. The second-order valence-electron chi connectivity index (χ2n) is 8.12. The Bertz CT molecular complexity index is 1040. The topological polar surface area (TPSA) is 55.3 Å². The SMILES string of the molecule is CCOc1ccc2nc(Cl)c(CN(Cc3cccnc3)C(=O)C3CCCCC3)cc2c1. The van der Waals surface area contributed by atoms with E-state index in [1.54, 1.807) is 6.20 Å². The van der Waals surface area contributed by atoms with Gasteiger partial charge >= 0.3 is 0 Å². The predicted molar refractivity (Wildman–Crippen MR) is 123 cm³/mol. The Balaban J connectivity index is 1.63. The minimum absolute atomic E-state index is 0.0853. The summed E-state index contributed by atoms with van der Waals surface area (Å²) < 4.78 is 5.63. The quantitative estimate of drug-likeness (QED) is 0.439.